The predicted octanol–water partition coefficient (Wildman–Crippen LogP) is 3.04. The van der Waals surface area contributed by atoms with Crippen molar-refractivity contribution in [3.63, 3.8) is 0 Å². The average Bonchev–Trinajstić information content (AvgIpc) is 3.11. The van der Waals surface area contributed by atoms with Crippen molar-refractivity contribution in [3.8, 4) is 5.75 Å². The van der Waals surface area contributed by atoms with Gasteiger partial charge in [0.1, 0.15) is 11.3 Å². The van der Waals surface area contributed by atoms with Crippen molar-refractivity contribution in [2.24, 2.45) is 0 Å². The molecule has 2 heterocycles. The maximum absolute atomic E-state index is 13.0. The SMILES string of the molecule is COc1ccc2c(c1)C(n1cccc(C(=O)Nc3ccncc3)c1=O)CC2. The number of carbonyl (C=O) groups excluding carboxylic acids is 1. The van der Waals surface area contributed by atoms with Crippen LogP contribution in [0.2, 0.25) is 0 Å². The highest BCUT2D eigenvalue weighted by molar-refractivity contribution is 6.03. The van der Waals surface area contributed by atoms with Gasteiger partial charge in [0.2, 0.25) is 0 Å². The molecule has 0 fully saturated rings. The van der Waals surface area contributed by atoms with Gasteiger partial charge >= 0.3 is 0 Å². The van der Waals surface area contributed by atoms with Crippen molar-refractivity contribution >= 4 is 11.6 Å². The Labute approximate surface area is 156 Å². The Morgan fingerprint density at radius 3 is 2.81 bits per heavy atom. The van der Waals surface area contributed by atoms with E-state index < -0.39 is 5.91 Å². The Bertz CT molecular complexity index is 1040. The summed E-state index contributed by atoms with van der Waals surface area (Å²) in [6.45, 7) is 0. The van der Waals surface area contributed by atoms with Crippen LogP contribution in [0.4, 0.5) is 5.69 Å². The molecule has 1 N–H and O–H groups in total. The van der Waals surface area contributed by atoms with Gasteiger partial charge < -0.3 is 14.6 Å². The Morgan fingerprint density at radius 1 is 1.22 bits per heavy atom. The summed E-state index contributed by atoms with van der Waals surface area (Å²) in [6.07, 6.45) is 6.62. The van der Waals surface area contributed by atoms with Crippen molar-refractivity contribution in [1.82, 2.24) is 9.55 Å². The van der Waals surface area contributed by atoms with Crippen molar-refractivity contribution in [2.45, 2.75) is 18.9 Å². The third-order valence-corrected chi connectivity index (χ3v) is 4.89. The van der Waals surface area contributed by atoms with E-state index in [2.05, 4.69) is 10.3 Å². The summed E-state index contributed by atoms with van der Waals surface area (Å²) in [7, 11) is 1.63. The quantitative estimate of drug-likeness (QED) is 0.775. The molecule has 2 aromatic heterocycles. The van der Waals surface area contributed by atoms with E-state index in [-0.39, 0.29) is 17.2 Å². The van der Waals surface area contributed by atoms with Crippen LogP contribution in [-0.2, 0) is 6.42 Å². The minimum absolute atomic E-state index is 0.101. The van der Waals surface area contributed by atoms with Gasteiger partial charge in [0.25, 0.3) is 11.5 Å². The number of amides is 1. The number of benzene rings is 1. The standard InChI is InChI=1S/C21H19N3O3/c1-27-16-6-4-14-5-7-19(18(14)13-16)24-12-2-3-17(21(24)26)20(25)23-15-8-10-22-11-9-15/h2-4,6,8-13,19H,5,7H2,1H3,(H,22,23,25). The van der Waals surface area contributed by atoms with Gasteiger partial charge in [-0.25, -0.2) is 0 Å². The number of hydrogen-bond acceptors (Lipinski definition) is 4. The first-order valence-corrected chi connectivity index (χ1v) is 8.76. The summed E-state index contributed by atoms with van der Waals surface area (Å²) in [4.78, 5) is 29.5. The number of aromatic nitrogens is 2. The average molecular weight is 361 g/mol. The third kappa shape index (κ3) is 3.21. The number of aryl methyl sites for hydroxylation is 1. The second kappa shape index (κ2) is 7.07. The first-order chi connectivity index (χ1) is 13.2. The van der Waals surface area contributed by atoms with Crippen molar-refractivity contribution in [1.29, 1.82) is 0 Å². The van der Waals surface area contributed by atoms with E-state index in [9.17, 15) is 9.59 Å². The van der Waals surface area contributed by atoms with E-state index >= 15 is 0 Å². The van der Waals surface area contributed by atoms with Crippen LogP contribution in [0.3, 0.4) is 0 Å². The molecular formula is C21H19N3O3. The van der Waals surface area contributed by atoms with E-state index in [1.54, 1.807) is 54.5 Å². The van der Waals surface area contributed by atoms with Gasteiger partial charge in [-0.1, -0.05) is 6.07 Å². The zero-order chi connectivity index (χ0) is 18.8. The number of methoxy groups -OCH3 is 1. The van der Waals surface area contributed by atoms with Crippen LogP contribution in [-0.4, -0.2) is 22.6 Å². The molecule has 1 atom stereocenters. The maximum atomic E-state index is 13.0. The zero-order valence-corrected chi connectivity index (χ0v) is 14.9. The molecule has 1 aliphatic carbocycles. The summed E-state index contributed by atoms with van der Waals surface area (Å²) < 4.78 is 6.97. The molecule has 0 aliphatic heterocycles. The first kappa shape index (κ1) is 17.0. The van der Waals surface area contributed by atoms with Crippen LogP contribution >= 0.6 is 0 Å². The molecule has 1 aliphatic rings. The molecule has 0 saturated carbocycles. The van der Waals surface area contributed by atoms with Gasteiger partial charge in [0.15, 0.2) is 0 Å². The van der Waals surface area contributed by atoms with Crippen LogP contribution in [0.25, 0.3) is 0 Å². The number of fused-ring (bicyclic) bond motifs is 1. The minimum atomic E-state index is -0.426. The molecular weight excluding hydrogens is 342 g/mol. The van der Waals surface area contributed by atoms with Gasteiger partial charge in [0, 0.05) is 24.3 Å². The van der Waals surface area contributed by atoms with Crippen LogP contribution in [0.5, 0.6) is 5.75 Å². The van der Waals surface area contributed by atoms with Gasteiger partial charge in [0.05, 0.1) is 13.2 Å². The van der Waals surface area contributed by atoms with Gasteiger partial charge in [-0.15, -0.1) is 0 Å². The lowest BCUT2D eigenvalue weighted by molar-refractivity contribution is 0.102. The molecule has 1 amide bonds. The lowest BCUT2D eigenvalue weighted by Crippen LogP contribution is -2.31. The lowest BCUT2D eigenvalue weighted by atomic mass is 10.1. The molecule has 0 spiro atoms. The number of pyridine rings is 2. The van der Waals surface area contributed by atoms with Crippen molar-refractivity contribution in [3.05, 3.63) is 88.1 Å². The van der Waals surface area contributed by atoms with Crippen LogP contribution in [0.1, 0.15) is 33.9 Å². The van der Waals surface area contributed by atoms with E-state index in [1.807, 2.05) is 18.2 Å². The van der Waals surface area contributed by atoms with Gasteiger partial charge in [-0.2, -0.15) is 0 Å². The number of carbonyl (C=O) groups is 1. The molecule has 1 aromatic carbocycles. The van der Waals surface area contributed by atoms with Crippen LogP contribution in [0, 0.1) is 0 Å². The molecule has 0 radical (unpaired) electrons. The molecule has 6 heteroatoms. The molecule has 1 unspecified atom stereocenters. The number of ether oxygens (including phenoxy) is 1. The smallest absolute Gasteiger partial charge is 0.263 e. The highest BCUT2D eigenvalue weighted by atomic mass is 16.5. The van der Waals surface area contributed by atoms with E-state index in [4.69, 9.17) is 4.74 Å². The van der Waals surface area contributed by atoms with E-state index in [1.165, 1.54) is 5.56 Å². The Morgan fingerprint density at radius 2 is 2.04 bits per heavy atom. The van der Waals surface area contributed by atoms with Crippen molar-refractivity contribution < 1.29 is 9.53 Å². The number of anilines is 1. The minimum Gasteiger partial charge on any atom is -0.497 e. The van der Waals surface area contributed by atoms with Crippen LogP contribution in [0.15, 0.2) is 65.8 Å². The lowest BCUT2D eigenvalue weighted by Gasteiger charge is -2.17. The molecule has 136 valence electrons. The number of rotatable bonds is 4. The summed E-state index contributed by atoms with van der Waals surface area (Å²) in [6, 6.07) is 12.5. The zero-order valence-electron chi connectivity index (χ0n) is 14.9. The summed E-state index contributed by atoms with van der Waals surface area (Å²) in [5, 5.41) is 2.74. The predicted molar refractivity (Wildman–Crippen MR) is 102 cm³/mol. The molecule has 27 heavy (non-hydrogen) atoms. The van der Waals surface area contributed by atoms with E-state index in [0.29, 0.717) is 5.69 Å². The Hall–Kier alpha value is -3.41. The fourth-order valence-corrected chi connectivity index (χ4v) is 3.54. The van der Waals surface area contributed by atoms with Crippen LogP contribution < -0.4 is 15.6 Å². The number of hydrogen-bond donors (Lipinski definition) is 1. The van der Waals surface area contributed by atoms with Gasteiger partial charge in [-0.05, 0) is 60.4 Å². The molecule has 0 bridgehead atoms. The highest BCUT2D eigenvalue weighted by Gasteiger charge is 2.26. The number of nitrogens with zero attached hydrogens (tertiary/aromatic N) is 2. The monoisotopic (exact) mass is 361 g/mol. The van der Waals surface area contributed by atoms with E-state index in [0.717, 1.165) is 24.2 Å². The molecule has 0 saturated heterocycles. The molecule has 6 nitrogen and oxygen atoms in total. The second-order valence-corrected chi connectivity index (χ2v) is 6.44. The fraction of sp³-hybridized carbons (Fsp3) is 0.190. The largest absolute Gasteiger partial charge is 0.497 e. The summed E-state index contributed by atoms with van der Waals surface area (Å²) in [5.41, 5.74) is 2.69. The Kier molecular flexibility index (Phi) is 4.46. The second-order valence-electron chi connectivity index (χ2n) is 6.44. The fourth-order valence-electron chi connectivity index (χ4n) is 3.54. The molecule has 4 rings (SSSR count). The normalized spacial score (nSPS) is 15.2. The van der Waals surface area contributed by atoms with Gasteiger partial charge in [-0.3, -0.25) is 14.6 Å². The first-order valence-electron chi connectivity index (χ1n) is 8.76. The topological polar surface area (TPSA) is 73.2 Å². The number of nitrogens with one attached hydrogen (secondary N) is 1. The Balaban J connectivity index is 1.68. The molecule has 3 aromatic rings. The third-order valence-electron chi connectivity index (χ3n) is 4.89. The summed E-state index contributed by atoms with van der Waals surface area (Å²) >= 11 is 0. The van der Waals surface area contributed by atoms with Crippen molar-refractivity contribution in [2.75, 3.05) is 12.4 Å². The summed E-state index contributed by atoms with van der Waals surface area (Å²) in [5.74, 6) is 0.338. The maximum Gasteiger partial charge on any atom is 0.263 e. The highest BCUT2D eigenvalue weighted by Crippen LogP contribution is 2.35.